The van der Waals surface area contributed by atoms with Gasteiger partial charge in [0, 0.05) is 18.7 Å². The fourth-order valence-electron chi connectivity index (χ4n) is 2.39. The Hall–Kier alpha value is -1.73. The standard InChI is InChI=1S/C17H25N3O3S/c1-12(2)10-17-18-16(19-23-17)11-20(4)13(3)14-6-8-15(9-7-14)24(5,21)22/h6-9,12-13H,10-11H2,1-5H3/t13-/m1/s1. The molecule has 0 unspecified atom stereocenters. The average Bonchev–Trinajstić information content (AvgIpc) is 2.92. The molecule has 0 spiro atoms. The van der Waals surface area contributed by atoms with Gasteiger partial charge in [0.05, 0.1) is 11.4 Å². The molecule has 0 bridgehead atoms. The number of hydrogen-bond donors (Lipinski definition) is 0. The zero-order valence-electron chi connectivity index (χ0n) is 14.9. The minimum absolute atomic E-state index is 0.102. The minimum Gasteiger partial charge on any atom is -0.339 e. The van der Waals surface area contributed by atoms with Gasteiger partial charge in [-0.05, 0) is 37.6 Å². The van der Waals surface area contributed by atoms with Crippen molar-refractivity contribution in [1.29, 1.82) is 0 Å². The molecule has 1 aromatic heterocycles. The molecule has 0 amide bonds. The molecule has 1 aromatic carbocycles. The third kappa shape index (κ3) is 4.88. The predicted octanol–water partition coefficient (Wildman–Crippen LogP) is 2.86. The van der Waals surface area contributed by atoms with E-state index in [1.807, 2.05) is 19.2 Å². The first kappa shape index (κ1) is 18.6. The number of hydrogen-bond acceptors (Lipinski definition) is 6. The van der Waals surface area contributed by atoms with Crippen molar-refractivity contribution in [2.45, 2.75) is 44.7 Å². The van der Waals surface area contributed by atoms with E-state index in [1.165, 1.54) is 6.26 Å². The number of nitrogens with zero attached hydrogens (tertiary/aromatic N) is 3. The maximum Gasteiger partial charge on any atom is 0.226 e. The molecular formula is C17H25N3O3S. The SMILES string of the molecule is CC(C)Cc1nc(CN(C)[C@H](C)c2ccc(S(C)(=O)=O)cc2)no1. The summed E-state index contributed by atoms with van der Waals surface area (Å²) < 4.78 is 28.3. The van der Waals surface area contributed by atoms with Crippen LogP contribution in [0.25, 0.3) is 0 Å². The van der Waals surface area contributed by atoms with Gasteiger partial charge in [-0.2, -0.15) is 4.98 Å². The monoisotopic (exact) mass is 351 g/mol. The number of sulfone groups is 1. The molecule has 0 radical (unpaired) electrons. The Labute approximate surface area is 143 Å². The van der Waals surface area contributed by atoms with Crippen molar-refractivity contribution < 1.29 is 12.9 Å². The Kier molecular flexibility index (Phi) is 5.77. The average molecular weight is 351 g/mol. The predicted molar refractivity (Wildman–Crippen MR) is 92.3 cm³/mol. The molecule has 24 heavy (non-hydrogen) atoms. The molecule has 1 atom stereocenters. The van der Waals surface area contributed by atoms with Crippen molar-refractivity contribution in [1.82, 2.24) is 15.0 Å². The second kappa shape index (κ2) is 7.44. The van der Waals surface area contributed by atoms with Crippen molar-refractivity contribution in [2.24, 2.45) is 5.92 Å². The molecule has 0 fully saturated rings. The van der Waals surface area contributed by atoms with Gasteiger partial charge in [0.2, 0.25) is 5.89 Å². The molecule has 0 saturated heterocycles. The van der Waals surface area contributed by atoms with Gasteiger partial charge >= 0.3 is 0 Å². The van der Waals surface area contributed by atoms with Crippen LogP contribution >= 0.6 is 0 Å². The fraction of sp³-hybridized carbons (Fsp3) is 0.529. The maximum absolute atomic E-state index is 11.5. The van der Waals surface area contributed by atoms with Gasteiger partial charge in [0.15, 0.2) is 15.7 Å². The third-order valence-corrected chi connectivity index (χ3v) is 5.06. The van der Waals surface area contributed by atoms with Crippen LogP contribution in [0.5, 0.6) is 0 Å². The summed E-state index contributed by atoms with van der Waals surface area (Å²) in [6.07, 6.45) is 1.99. The lowest BCUT2D eigenvalue weighted by Gasteiger charge is -2.23. The van der Waals surface area contributed by atoms with Gasteiger partial charge in [0.1, 0.15) is 0 Å². The highest BCUT2D eigenvalue weighted by Gasteiger charge is 2.16. The number of aromatic nitrogens is 2. The van der Waals surface area contributed by atoms with Crippen LogP contribution < -0.4 is 0 Å². The molecule has 1 heterocycles. The molecule has 6 nitrogen and oxygen atoms in total. The summed E-state index contributed by atoms with van der Waals surface area (Å²) in [6.45, 7) is 6.84. The van der Waals surface area contributed by atoms with Crippen LogP contribution in [0.4, 0.5) is 0 Å². The van der Waals surface area contributed by atoms with Crippen molar-refractivity contribution in [3.8, 4) is 0 Å². The van der Waals surface area contributed by atoms with E-state index in [0.29, 0.717) is 29.1 Å². The summed E-state index contributed by atoms with van der Waals surface area (Å²) in [5.74, 6) is 1.80. The molecule has 0 N–H and O–H groups in total. The van der Waals surface area contributed by atoms with Gasteiger partial charge in [-0.3, -0.25) is 4.90 Å². The summed E-state index contributed by atoms with van der Waals surface area (Å²) in [7, 11) is -1.19. The molecule has 0 saturated carbocycles. The van der Waals surface area contributed by atoms with Gasteiger partial charge in [-0.15, -0.1) is 0 Å². The van der Waals surface area contributed by atoms with E-state index in [4.69, 9.17) is 4.52 Å². The van der Waals surface area contributed by atoms with Crippen molar-refractivity contribution in [2.75, 3.05) is 13.3 Å². The molecular weight excluding hydrogens is 326 g/mol. The van der Waals surface area contributed by atoms with Crippen LogP contribution in [0, 0.1) is 5.92 Å². The first-order valence-corrected chi connectivity index (χ1v) is 9.87. The van der Waals surface area contributed by atoms with E-state index < -0.39 is 9.84 Å². The molecule has 132 valence electrons. The van der Waals surface area contributed by atoms with E-state index in [9.17, 15) is 8.42 Å². The van der Waals surface area contributed by atoms with Gasteiger partial charge < -0.3 is 4.52 Å². The zero-order chi connectivity index (χ0) is 17.9. The lowest BCUT2D eigenvalue weighted by molar-refractivity contribution is 0.242. The van der Waals surface area contributed by atoms with E-state index in [-0.39, 0.29) is 6.04 Å². The van der Waals surface area contributed by atoms with Crippen LogP contribution in [0.3, 0.4) is 0 Å². The molecule has 0 aliphatic rings. The highest BCUT2D eigenvalue weighted by atomic mass is 32.2. The molecule has 0 aliphatic heterocycles. The van der Waals surface area contributed by atoms with Crippen LogP contribution in [-0.2, 0) is 22.8 Å². The summed E-state index contributed by atoms with van der Waals surface area (Å²) in [4.78, 5) is 6.84. The van der Waals surface area contributed by atoms with Gasteiger partial charge in [-0.25, -0.2) is 8.42 Å². The van der Waals surface area contributed by atoms with Crippen LogP contribution in [0.2, 0.25) is 0 Å². The maximum atomic E-state index is 11.5. The highest BCUT2D eigenvalue weighted by Crippen LogP contribution is 2.22. The van der Waals surface area contributed by atoms with Gasteiger partial charge in [0.25, 0.3) is 0 Å². The van der Waals surface area contributed by atoms with Crippen LogP contribution in [0.15, 0.2) is 33.7 Å². The second-order valence-corrected chi connectivity index (χ2v) is 8.65. The Balaban J connectivity index is 2.03. The zero-order valence-corrected chi connectivity index (χ0v) is 15.7. The van der Waals surface area contributed by atoms with Crippen molar-refractivity contribution >= 4 is 9.84 Å². The lowest BCUT2D eigenvalue weighted by Crippen LogP contribution is -2.22. The number of rotatable bonds is 7. The van der Waals surface area contributed by atoms with E-state index in [0.717, 1.165) is 12.0 Å². The van der Waals surface area contributed by atoms with Crippen molar-refractivity contribution in [3.63, 3.8) is 0 Å². The van der Waals surface area contributed by atoms with Crippen LogP contribution in [-0.4, -0.2) is 36.8 Å². The quantitative estimate of drug-likeness (QED) is 0.763. The highest BCUT2D eigenvalue weighted by molar-refractivity contribution is 7.90. The lowest BCUT2D eigenvalue weighted by atomic mass is 10.1. The minimum atomic E-state index is -3.17. The fourth-order valence-corrected chi connectivity index (χ4v) is 3.03. The summed E-state index contributed by atoms with van der Waals surface area (Å²) in [5, 5.41) is 4.02. The third-order valence-electron chi connectivity index (χ3n) is 3.94. The summed E-state index contributed by atoms with van der Waals surface area (Å²) in [6, 6.07) is 7.08. The first-order chi connectivity index (χ1) is 11.2. The molecule has 2 rings (SSSR count). The summed E-state index contributed by atoms with van der Waals surface area (Å²) in [5.41, 5.74) is 1.04. The Morgan fingerprint density at radius 1 is 1.17 bits per heavy atom. The van der Waals surface area contributed by atoms with Crippen LogP contribution in [0.1, 0.15) is 44.1 Å². The second-order valence-electron chi connectivity index (χ2n) is 6.63. The summed E-state index contributed by atoms with van der Waals surface area (Å²) >= 11 is 0. The van der Waals surface area contributed by atoms with E-state index in [1.54, 1.807) is 12.1 Å². The Bertz CT molecular complexity index is 767. The molecule has 0 aliphatic carbocycles. The van der Waals surface area contributed by atoms with E-state index in [2.05, 4.69) is 35.8 Å². The molecule has 7 heteroatoms. The molecule has 2 aromatic rings. The smallest absolute Gasteiger partial charge is 0.226 e. The Morgan fingerprint density at radius 2 is 1.79 bits per heavy atom. The topological polar surface area (TPSA) is 76.3 Å². The first-order valence-electron chi connectivity index (χ1n) is 7.98. The Morgan fingerprint density at radius 3 is 2.33 bits per heavy atom. The van der Waals surface area contributed by atoms with E-state index >= 15 is 0 Å². The largest absolute Gasteiger partial charge is 0.339 e. The van der Waals surface area contributed by atoms with Crippen molar-refractivity contribution in [3.05, 3.63) is 41.5 Å². The number of benzene rings is 1. The van der Waals surface area contributed by atoms with Gasteiger partial charge in [-0.1, -0.05) is 31.1 Å². The normalized spacial score (nSPS) is 13.6.